The number of fused-ring (bicyclic) bond motifs is 1. The molecule has 2 aromatic carbocycles. The van der Waals surface area contributed by atoms with E-state index in [2.05, 4.69) is 4.98 Å². The molecule has 2 aromatic heterocycles. The summed E-state index contributed by atoms with van der Waals surface area (Å²) in [6.45, 7) is 1.10. The lowest BCUT2D eigenvalue weighted by molar-refractivity contribution is 0.0685. The molecule has 35 heavy (non-hydrogen) atoms. The van der Waals surface area contributed by atoms with E-state index in [1.165, 1.54) is 24.4 Å². The fourth-order valence-electron chi connectivity index (χ4n) is 4.77. The van der Waals surface area contributed by atoms with Crippen molar-refractivity contribution >= 4 is 28.8 Å². The number of carboxylic acid groups (broad SMARTS) is 1. The Hall–Kier alpha value is -4.11. The van der Waals surface area contributed by atoms with Crippen molar-refractivity contribution in [2.45, 2.75) is 18.8 Å². The molecule has 0 bridgehead atoms. The standard InChI is InChI=1S/C26H22F2N4O3/c27-17-1-3-18(4-2-17)32-22-10-15(12-29)21(30)11-19(22)23(25(32)14-5-7-35-8-6-14)16-9-20(28)24(26(33)34)31-13-16/h1-4,9-14,29H,5-8,30H2,(H,33,34). The lowest BCUT2D eigenvalue weighted by Gasteiger charge is -2.25. The first-order chi connectivity index (χ1) is 16.9. The van der Waals surface area contributed by atoms with E-state index in [1.54, 1.807) is 24.3 Å². The fourth-order valence-corrected chi connectivity index (χ4v) is 4.77. The van der Waals surface area contributed by atoms with E-state index in [-0.39, 0.29) is 11.7 Å². The minimum absolute atomic E-state index is 0.0167. The molecule has 0 saturated carbocycles. The van der Waals surface area contributed by atoms with Crippen molar-refractivity contribution in [2.75, 3.05) is 18.9 Å². The van der Waals surface area contributed by atoms with Crippen LogP contribution in [0.15, 0.2) is 48.7 Å². The normalized spacial score (nSPS) is 14.3. The Labute approximate surface area is 199 Å². The number of nitrogens with one attached hydrogen (secondary N) is 1. The van der Waals surface area contributed by atoms with Gasteiger partial charge in [0.05, 0.1) is 5.52 Å². The van der Waals surface area contributed by atoms with Gasteiger partial charge >= 0.3 is 5.97 Å². The van der Waals surface area contributed by atoms with E-state index >= 15 is 0 Å². The van der Waals surface area contributed by atoms with Crippen LogP contribution in [0.1, 0.15) is 40.5 Å². The molecule has 0 atom stereocenters. The summed E-state index contributed by atoms with van der Waals surface area (Å²) in [4.78, 5) is 15.2. The minimum atomic E-state index is -1.45. The second kappa shape index (κ2) is 8.92. The van der Waals surface area contributed by atoms with Crippen LogP contribution in [-0.2, 0) is 4.74 Å². The lowest BCUT2D eigenvalue weighted by Crippen LogP contribution is -2.17. The Kier molecular flexibility index (Phi) is 5.78. The highest BCUT2D eigenvalue weighted by Crippen LogP contribution is 2.44. The molecule has 1 aliphatic rings. The van der Waals surface area contributed by atoms with Crippen LogP contribution in [0.5, 0.6) is 0 Å². The highest BCUT2D eigenvalue weighted by atomic mass is 19.1. The van der Waals surface area contributed by atoms with Crippen molar-refractivity contribution in [3.8, 4) is 16.8 Å². The van der Waals surface area contributed by atoms with Crippen LogP contribution in [-0.4, -0.2) is 40.1 Å². The molecule has 0 unspecified atom stereocenters. The number of carboxylic acids is 1. The Bertz CT molecular complexity index is 1460. The molecule has 0 amide bonds. The SMILES string of the molecule is N=Cc1cc2c(cc1N)c(-c1cnc(C(=O)O)c(F)c1)c(C1CCOCC1)n2-c1ccc(F)cc1. The molecular weight excluding hydrogens is 454 g/mol. The van der Waals surface area contributed by atoms with Gasteiger partial charge in [-0.15, -0.1) is 0 Å². The minimum Gasteiger partial charge on any atom is -0.476 e. The number of nitrogen functional groups attached to an aromatic ring is 1. The molecule has 7 nitrogen and oxygen atoms in total. The number of ether oxygens (including phenoxy) is 1. The van der Waals surface area contributed by atoms with Crippen LogP contribution in [0.3, 0.4) is 0 Å². The molecule has 4 N–H and O–H groups in total. The summed E-state index contributed by atoms with van der Waals surface area (Å²) in [5, 5.41) is 17.7. The molecule has 3 heterocycles. The number of benzene rings is 2. The van der Waals surface area contributed by atoms with Crippen LogP contribution in [0.2, 0.25) is 0 Å². The first kappa shape index (κ1) is 22.7. The maximum atomic E-state index is 14.8. The number of hydrogen-bond acceptors (Lipinski definition) is 5. The van der Waals surface area contributed by atoms with Crippen LogP contribution in [0.4, 0.5) is 14.5 Å². The number of hydrogen-bond donors (Lipinski definition) is 3. The maximum absolute atomic E-state index is 14.8. The fraction of sp³-hybridized carbons (Fsp3) is 0.192. The molecule has 1 aliphatic heterocycles. The van der Waals surface area contributed by atoms with Gasteiger partial charge in [-0.3, -0.25) is 0 Å². The lowest BCUT2D eigenvalue weighted by atomic mass is 9.90. The van der Waals surface area contributed by atoms with Crippen molar-refractivity contribution in [3.63, 3.8) is 0 Å². The predicted octanol–water partition coefficient (Wildman–Crippen LogP) is 5.14. The average Bonchev–Trinajstić information content (AvgIpc) is 3.18. The Morgan fingerprint density at radius 1 is 1.17 bits per heavy atom. The molecule has 4 aromatic rings. The van der Waals surface area contributed by atoms with Gasteiger partial charge in [0.25, 0.3) is 0 Å². The average molecular weight is 476 g/mol. The number of nitrogens with zero attached hydrogens (tertiary/aromatic N) is 2. The summed E-state index contributed by atoms with van der Waals surface area (Å²) >= 11 is 0. The summed E-state index contributed by atoms with van der Waals surface area (Å²) < 4.78 is 36.1. The van der Waals surface area contributed by atoms with Gasteiger partial charge < -0.3 is 25.6 Å². The zero-order valence-corrected chi connectivity index (χ0v) is 18.6. The Morgan fingerprint density at radius 3 is 2.51 bits per heavy atom. The zero-order valence-electron chi connectivity index (χ0n) is 18.6. The van der Waals surface area contributed by atoms with E-state index in [0.717, 1.165) is 11.9 Å². The van der Waals surface area contributed by atoms with Gasteiger partial charge in [0, 0.05) is 70.7 Å². The summed E-state index contributed by atoms with van der Waals surface area (Å²) in [6.07, 6.45) is 3.92. The third-order valence-corrected chi connectivity index (χ3v) is 6.39. The van der Waals surface area contributed by atoms with E-state index < -0.39 is 17.5 Å². The number of aromatic nitrogens is 2. The van der Waals surface area contributed by atoms with Crippen molar-refractivity contribution < 1.29 is 23.4 Å². The van der Waals surface area contributed by atoms with Gasteiger partial charge in [-0.2, -0.15) is 0 Å². The number of rotatable bonds is 5. The monoisotopic (exact) mass is 476 g/mol. The van der Waals surface area contributed by atoms with Crippen molar-refractivity contribution in [1.29, 1.82) is 5.41 Å². The number of pyridine rings is 1. The van der Waals surface area contributed by atoms with Gasteiger partial charge in [0.2, 0.25) is 0 Å². The Balaban J connectivity index is 1.90. The maximum Gasteiger partial charge on any atom is 0.357 e. The molecular formula is C26H22F2N4O3. The predicted molar refractivity (Wildman–Crippen MR) is 128 cm³/mol. The van der Waals surface area contributed by atoms with Crippen molar-refractivity contribution in [2.24, 2.45) is 0 Å². The number of nitrogens with two attached hydrogens (primary N) is 1. The van der Waals surface area contributed by atoms with Crippen molar-refractivity contribution in [3.05, 3.63) is 77.2 Å². The second-order valence-electron chi connectivity index (χ2n) is 8.46. The smallest absolute Gasteiger partial charge is 0.357 e. The summed E-state index contributed by atoms with van der Waals surface area (Å²) in [5.41, 5.74) is 9.79. The van der Waals surface area contributed by atoms with Crippen LogP contribution < -0.4 is 5.73 Å². The molecule has 178 valence electrons. The molecule has 0 aliphatic carbocycles. The molecule has 0 spiro atoms. The number of carbonyl (C=O) groups is 1. The van der Waals surface area contributed by atoms with Crippen LogP contribution in [0, 0.1) is 17.0 Å². The van der Waals surface area contributed by atoms with Gasteiger partial charge in [-0.1, -0.05) is 0 Å². The zero-order chi connectivity index (χ0) is 24.7. The van der Waals surface area contributed by atoms with Crippen LogP contribution in [0.25, 0.3) is 27.7 Å². The topological polar surface area (TPSA) is 114 Å². The molecule has 9 heteroatoms. The molecule has 0 radical (unpaired) electrons. The third-order valence-electron chi connectivity index (χ3n) is 6.39. The van der Waals surface area contributed by atoms with Gasteiger partial charge in [-0.25, -0.2) is 18.6 Å². The summed E-state index contributed by atoms with van der Waals surface area (Å²) in [5.74, 6) is -2.76. The summed E-state index contributed by atoms with van der Waals surface area (Å²) in [6, 6.07) is 10.7. The van der Waals surface area contributed by atoms with E-state index in [0.29, 0.717) is 65.0 Å². The number of aromatic carboxylic acids is 1. The van der Waals surface area contributed by atoms with Gasteiger partial charge in [0.1, 0.15) is 5.82 Å². The third kappa shape index (κ3) is 3.93. The van der Waals surface area contributed by atoms with E-state index in [1.807, 2.05) is 4.57 Å². The van der Waals surface area contributed by atoms with Gasteiger partial charge in [0.15, 0.2) is 11.5 Å². The van der Waals surface area contributed by atoms with E-state index in [9.17, 15) is 18.7 Å². The summed E-state index contributed by atoms with van der Waals surface area (Å²) in [7, 11) is 0. The van der Waals surface area contributed by atoms with Crippen LogP contribution >= 0.6 is 0 Å². The number of anilines is 1. The highest BCUT2D eigenvalue weighted by Gasteiger charge is 2.29. The Morgan fingerprint density at radius 2 is 1.89 bits per heavy atom. The molecule has 5 rings (SSSR count). The quantitative estimate of drug-likeness (QED) is 0.273. The largest absolute Gasteiger partial charge is 0.476 e. The molecule has 1 fully saturated rings. The number of halogens is 2. The molecule has 1 saturated heterocycles. The highest BCUT2D eigenvalue weighted by molar-refractivity contribution is 6.04. The van der Waals surface area contributed by atoms with Gasteiger partial charge in [-0.05, 0) is 55.3 Å². The first-order valence-corrected chi connectivity index (χ1v) is 11.1. The van der Waals surface area contributed by atoms with Crippen molar-refractivity contribution in [1.82, 2.24) is 9.55 Å². The van der Waals surface area contributed by atoms with E-state index in [4.69, 9.17) is 15.9 Å². The first-order valence-electron chi connectivity index (χ1n) is 11.1. The second-order valence-corrected chi connectivity index (χ2v) is 8.46.